The Labute approximate surface area is 152 Å². The van der Waals surface area contributed by atoms with E-state index in [0.717, 1.165) is 29.3 Å². The summed E-state index contributed by atoms with van der Waals surface area (Å²) in [5, 5.41) is 15.7. The molecule has 0 amide bonds. The molecular formula is C18H22N6S. The van der Waals surface area contributed by atoms with Gasteiger partial charge < -0.3 is 10.6 Å². The molecule has 0 atom stereocenters. The van der Waals surface area contributed by atoms with Crippen LogP contribution >= 0.6 is 12.2 Å². The Morgan fingerprint density at radius 3 is 2.60 bits per heavy atom. The van der Waals surface area contributed by atoms with Crippen LogP contribution in [0.4, 0.5) is 11.4 Å². The molecule has 0 saturated heterocycles. The van der Waals surface area contributed by atoms with Gasteiger partial charge in [-0.1, -0.05) is 24.3 Å². The highest BCUT2D eigenvalue weighted by molar-refractivity contribution is 7.80. The molecule has 0 saturated carbocycles. The zero-order valence-corrected chi connectivity index (χ0v) is 15.7. The molecule has 7 heteroatoms. The normalized spacial score (nSPS) is 10.7. The van der Waals surface area contributed by atoms with Gasteiger partial charge in [0, 0.05) is 13.2 Å². The number of benzene rings is 1. The quantitative estimate of drug-likeness (QED) is 0.703. The second-order valence-electron chi connectivity index (χ2n) is 6.10. The predicted octanol–water partition coefficient (Wildman–Crippen LogP) is 3.40. The van der Waals surface area contributed by atoms with Crippen LogP contribution in [0.2, 0.25) is 0 Å². The van der Waals surface area contributed by atoms with Crippen LogP contribution in [-0.4, -0.2) is 24.7 Å². The molecule has 0 bridgehead atoms. The third-order valence-electron chi connectivity index (χ3n) is 4.23. The molecule has 2 aromatic heterocycles. The van der Waals surface area contributed by atoms with Crippen molar-refractivity contribution in [2.24, 2.45) is 7.05 Å². The molecule has 3 rings (SSSR count). The fraction of sp³-hybridized carbons (Fsp3) is 0.278. The number of anilines is 2. The molecule has 2 heterocycles. The van der Waals surface area contributed by atoms with Crippen molar-refractivity contribution in [2.45, 2.75) is 27.3 Å². The molecule has 0 aliphatic heterocycles. The van der Waals surface area contributed by atoms with E-state index in [1.807, 2.05) is 48.6 Å². The number of nitrogens with zero attached hydrogens (tertiary/aromatic N) is 4. The Kier molecular flexibility index (Phi) is 4.85. The van der Waals surface area contributed by atoms with Crippen molar-refractivity contribution in [1.82, 2.24) is 19.6 Å². The van der Waals surface area contributed by atoms with Crippen LogP contribution in [0, 0.1) is 20.8 Å². The summed E-state index contributed by atoms with van der Waals surface area (Å²) in [6, 6.07) is 8.31. The lowest BCUT2D eigenvalue weighted by Gasteiger charge is -2.09. The fourth-order valence-corrected chi connectivity index (χ4v) is 2.93. The zero-order valence-electron chi connectivity index (χ0n) is 14.9. The Balaban J connectivity index is 1.65. The van der Waals surface area contributed by atoms with E-state index in [4.69, 9.17) is 12.2 Å². The lowest BCUT2D eigenvalue weighted by Crippen LogP contribution is -2.19. The van der Waals surface area contributed by atoms with E-state index in [9.17, 15) is 0 Å². The molecule has 3 aromatic rings. The van der Waals surface area contributed by atoms with Crippen LogP contribution in [0.1, 0.15) is 22.5 Å². The first kappa shape index (κ1) is 17.2. The van der Waals surface area contributed by atoms with Gasteiger partial charge in [0.15, 0.2) is 5.11 Å². The summed E-state index contributed by atoms with van der Waals surface area (Å²) in [7, 11) is 1.92. The van der Waals surface area contributed by atoms with Gasteiger partial charge >= 0.3 is 0 Å². The minimum atomic E-state index is 0.523. The maximum Gasteiger partial charge on any atom is 0.175 e. The van der Waals surface area contributed by atoms with Gasteiger partial charge in [0.05, 0.1) is 35.5 Å². The standard InChI is InChI=1S/C18H22N6S/c1-12-7-5-6-8-15(12)10-24-11-16(9-19-24)20-18(25)21-17-13(2)22-23(4)14(17)3/h5-9,11H,10H2,1-4H3,(H2,20,21,25). The maximum atomic E-state index is 5.41. The van der Waals surface area contributed by atoms with E-state index in [2.05, 4.69) is 39.9 Å². The van der Waals surface area contributed by atoms with Gasteiger partial charge in [-0.15, -0.1) is 0 Å². The maximum absolute atomic E-state index is 5.41. The third kappa shape index (κ3) is 3.88. The van der Waals surface area contributed by atoms with Crippen molar-refractivity contribution < 1.29 is 0 Å². The molecule has 0 unspecified atom stereocenters. The van der Waals surface area contributed by atoms with E-state index < -0.39 is 0 Å². The number of rotatable bonds is 4. The average molecular weight is 354 g/mol. The minimum Gasteiger partial charge on any atom is -0.330 e. The first-order valence-electron chi connectivity index (χ1n) is 8.09. The lowest BCUT2D eigenvalue weighted by atomic mass is 10.1. The summed E-state index contributed by atoms with van der Waals surface area (Å²) in [4.78, 5) is 0. The first-order valence-corrected chi connectivity index (χ1v) is 8.50. The van der Waals surface area contributed by atoms with Gasteiger partial charge in [0.2, 0.25) is 0 Å². The highest BCUT2D eigenvalue weighted by Gasteiger charge is 2.11. The van der Waals surface area contributed by atoms with Crippen LogP contribution in [0.25, 0.3) is 0 Å². The summed E-state index contributed by atoms with van der Waals surface area (Å²) in [5.41, 5.74) is 6.25. The van der Waals surface area contributed by atoms with Crippen LogP contribution in [0.5, 0.6) is 0 Å². The molecule has 0 aliphatic carbocycles. The van der Waals surface area contributed by atoms with Gasteiger partial charge in [-0.05, 0) is 44.1 Å². The van der Waals surface area contributed by atoms with Crippen LogP contribution < -0.4 is 10.6 Å². The molecule has 2 N–H and O–H groups in total. The molecule has 0 spiro atoms. The van der Waals surface area contributed by atoms with E-state index in [-0.39, 0.29) is 0 Å². The minimum absolute atomic E-state index is 0.523. The first-order chi connectivity index (χ1) is 11.9. The van der Waals surface area contributed by atoms with E-state index in [1.165, 1.54) is 11.1 Å². The summed E-state index contributed by atoms with van der Waals surface area (Å²) in [6.45, 7) is 6.80. The molecule has 6 nitrogen and oxygen atoms in total. The fourth-order valence-electron chi connectivity index (χ4n) is 2.71. The highest BCUT2D eigenvalue weighted by Crippen LogP contribution is 2.19. The second-order valence-corrected chi connectivity index (χ2v) is 6.51. The largest absolute Gasteiger partial charge is 0.330 e. The Bertz CT molecular complexity index is 908. The number of hydrogen-bond acceptors (Lipinski definition) is 3. The van der Waals surface area contributed by atoms with Gasteiger partial charge in [-0.3, -0.25) is 9.36 Å². The monoisotopic (exact) mass is 354 g/mol. The van der Waals surface area contributed by atoms with Crippen molar-refractivity contribution in [2.75, 3.05) is 10.6 Å². The van der Waals surface area contributed by atoms with Crippen LogP contribution in [0.15, 0.2) is 36.7 Å². The summed E-state index contributed by atoms with van der Waals surface area (Å²) >= 11 is 5.41. The molecule has 130 valence electrons. The van der Waals surface area contributed by atoms with Crippen molar-refractivity contribution in [3.05, 3.63) is 59.2 Å². The SMILES string of the molecule is Cc1ccccc1Cn1cc(NC(=S)Nc2c(C)nn(C)c2C)cn1. The average Bonchev–Trinajstić information content (AvgIpc) is 3.09. The third-order valence-corrected chi connectivity index (χ3v) is 4.44. The Morgan fingerprint density at radius 1 is 1.16 bits per heavy atom. The summed E-state index contributed by atoms with van der Waals surface area (Å²) < 4.78 is 3.73. The van der Waals surface area contributed by atoms with E-state index >= 15 is 0 Å². The number of nitrogens with one attached hydrogen (secondary N) is 2. The molecule has 1 aromatic carbocycles. The smallest absolute Gasteiger partial charge is 0.175 e. The molecular weight excluding hydrogens is 332 g/mol. The Hall–Kier alpha value is -2.67. The van der Waals surface area contributed by atoms with Crippen molar-refractivity contribution in [3.8, 4) is 0 Å². The van der Waals surface area contributed by atoms with Crippen LogP contribution in [0.3, 0.4) is 0 Å². The molecule has 0 fully saturated rings. The molecule has 25 heavy (non-hydrogen) atoms. The highest BCUT2D eigenvalue weighted by atomic mass is 32.1. The van der Waals surface area contributed by atoms with Crippen molar-refractivity contribution >= 4 is 28.7 Å². The van der Waals surface area contributed by atoms with E-state index in [1.54, 1.807) is 6.20 Å². The van der Waals surface area contributed by atoms with E-state index in [0.29, 0.717) is 5.11 Å². The lowest BCUT2D eigenvalue weighted by molar-refractivity contribution is 0.684. The number of aromatic nitrogens is 4. The summed E-state index contributed by atoms with van der Waals surface area (Å²) in [5.74, 6) is 0. The summed E-state index contributed by atoms with van der Waals surface area (Å²) in [6.07, 6.45) is 3.72. The van der Waals surface area contributed by atoms with Crippen molar-refractivity contribution in [1.29, 1.82) is 0 Å². The Morgan fingerprint density at radius 2 is 1.92 bits per heavy atom. The topological polar surface area (TPSA) is 59.7 Å². The predicted molar refractivity (Wildman–Crippen MR) is 105 cm³/mol. The second kappa shape index (κ2) is 7.06. The molecule has 0 aliphatic rings. The van der Waals surface area contributed by atoms with Crippen LogP contribution in [-0.2, 0) is 13.6 Å². The van der Waals surface area contributed by atoms with Gasteiger partial charge in [-0.2, -0.15) is 10.2 Å². The van der Waals surface area contributed by atoms with Gasteiger partial charge in [0.25, 0.3) is 0 Å². The number of thiocarbonyl (C=S) groups is 1. The van der Waals surface area contributed by atoms with Gasteiger partial charge in [-0.25, -0.2) is 0 Å². The number of hydrogen-bond donors (Lipinski definition) is 2. The number of aryl methyl sites for hydroxylation is 3. The molecule has 0 radical (unpaired) electrons. The van der Waals surface area contributed by atoms with Crippen molar-refractivity contribution in [3.63, 3.8) is 0 Å². The van der Waals surface area contributed by atoms with Gasteiger partial charge in [0.1, 0.15) is 0 Å². The zero-order chi connectivity index (χ0) is 18.0.